The number of alkyl halides is 1. The number of benzene rings is 1. The maximum atomic E-state index is 12.7. The first-order valence-electron chi connectivity index (χ1n) is 5.65. The Bertz CT molecular complexity index is 364. The highest BCUT2D eigenvalue weighted by Gasteiger charge is 2.14. The molecule has 0 bridgehead atoms. The normalized spacial score (nSPS) is 12.5. The van der Waals surface area contributed by atoms with Crippen molar-refractivity contribution in [3.05, 3.63) is 35.6 Å². The summed E-state index contributed by atoms with van der Waals surface area (Å²) in [6.07, 6.45) is 0.830. The molecule has 0 aliphatic heterocycles. The third kappa shape index (κ3) is 4.73. The van der Waals surface area contributed by atoms with Crippen LogP contribution in [-0.4, -0.2) is 17.8 Å². The third-order valence-corrected chi connectivity index (χ3v) is 2.76. The first-order valence-corrected chi connectivity index (χ1v) is 6.18. The second-order valence-corrected chi connectivity index (χ2v) is 4.77. The summed E-state index contributed by atoms with van der Waals surface area (Å²) in [5.41, 5.74) is 0.449. The van der Waals surface area contributed by atoms with Gasteiger partial charge in [-0.25, -0.2) is 4.39 Å². The molecule has 2 nitrogen and oxygen atoms in total. The molecule has 1 aromatic rings. The van der Waals surface area contributed by atoms with E-state index in [1.165, 1.54) is 24.3 Å². The van der Waals surface area contributed by atoms with Crippen molar-refractivity contribution in [3.63, 3.8) is 0 Å². The molecule has 1 aromatic carbocycles. The van der Waals surface area contributed by atoms with Crippen LogP contribution in [-0.2, 0) is 0 Å². The van der Waals surface area contributed by atoms with Crippen molar-refractivity contribution in [1.29, 1.82) is 0 Å². The van der Waals surface area contributed by atoms with E-state index >= 15 is 0 Å². The Hall–Kier alpha value is -1.09. The van der Waals surface area contributed by atoms with Crippen molar-refractivity contribution in [1.82, 2.24) is 5.32 Å². The zero-order valence-electron chi connectivity index (χ0n) is 10.0. The van der Waals surface area contributed by atoms with Crippen LogP contribution in [0.5, 0.6) is 0 Å². The van der Waals surface area contributed by atoms with E-state index < -0.39 is 0 Å². The summed E-state index contributed by atoms with van der Waals surface area (Å²) in [6, 6.07) is 5.42. The smallest absolute Gasteiger partial charge is 0.251 e. The lowest BCUT2D eigenvalue weighted by Crippen LogP contribution is -2.37. The second-order valence-electron chi connectivity index (χ2n) is 4.46. The van der Waals surface area contributed by atoms with Crippen LogP contribution < -0.4 is 5.32 Å². The van der Waals surface area contributed by atoms with Crippen molar-refractivity contribution in [2.24, 2.45) is 5.92 Å². The molecule has 0 saturated heterocycles. The monoisotopic (exact) mass is 257 g/mol. The van der Waals surface area contributed by atoms with Crippen LogP contribution in [0.25, 0.3) is 0 Å². The maximum Gasteiger partial charge on any atom is 0.251 e. The van der Waals surface area contributed by atoms with Crippen LogP contribution in [0.2, 0.25) is 0 Å². The standard InChI is InChI=1S/C13H17ClFNO/c1-9(2)7-12(8-14)16-13(17)10-3-5-11(15)6-4-10/h3-6,9,12H,7-8H2,1-2H3,(H,16,17). The minimum atomic E-state index is -0.349. The number of halogens is 2. The molecule has 1 N–H and O–H groups in total. The Labute approximate surface area is 106 Å². The topological polar surface area (TPSA) is 29.1 Å². The molecular weight excluding hydrogens is 241 g/mol. The van der Waals surface area contributed by atoms with Crippen LogP contribution in [0.3, 0.4) is 0 Å². The number of hydrogen-bond donors (Lipinski definition) is 1. The summed E-state index contributed by atoms with van der Waals surface area (Å²) in [5.74, 6) is 0.284. The van der Waals surface area contributed by atoms with Gasteiger partial charge in [-0.05, 0) is 36.6 Å². The molecule has 0 aromatic heterocycles. The van der Waals surface area contributed by atoms with E-state index in [0.29, 0.717) is 17.4 Å². The molecule has 1 atom stereocenters. The lowest BCUT2D eigenvalue weighted by atomic mass is 10.0. The van der Waals surface area contributed by atoms with Gasteiger partial charge in [0.25, 0.3) is 5.91 Å². The lowest BCUT2D eigenvalue weighted by molar-refractivity contribution is 0.0936. The molecule has 4 heteroatoms. The highest BCUT2D eigenvalue weighted by molar-refractivity contribution is 6.18. The van der Waals surface area contributed by atoms with Gasteiger partial charge >= 0.3 is 0 Å². The Morgan fingerprint density at radius 2 is 1.94 bits per heavy atom. The Morgan fingerprint density at radius 1 is 1.35 bits per heavy atom. The largest absolute Gasteiger partial charge is 0.348 e. The SMILES string of the molecule is CC(C)CC(CCl)NC(=O)c1ccc(F)cc1. The minimum Gasteiger partial charge on any atom is -0.348 e. The predicted molar refractivity (Wildman–Crippen MR) is 67.8 cm³/mol. The summed E-state index contributed by atoms with van der Waals surface area (Å²) >= 11 is 5.79. The maximum absolute atomic E-state index is 12.7. The van der Waals surface area contributed by atoms with E-state index in [0.717, 1.165) is 6.42 Å². The number of amides is 1. The van der Waals surface area contributed by atoms with Gasteiger partial charge in [0.15, 0.2) is 0 Å². The quantitative estimate of drug-likeness (QED) is 0.807. The lowest BCUT2D eigenvalue weighted by Gasteiger charge is -2.18. The third-order valence-electron chi connectivity index (χ3n) is 2.38. The highest BCUT2D eigenvalue weighted by Crippen LogP contribution is 2.08. The van der Waals surface area contributed by atoms with E-state index in [1.807, 2.05) is 0 Å². The molecule has 0 aliphatic rings. The minimum absolute atomic E-state index is 0.0470. The first-order chi connectivity index (χ1) is 8.02. The van der Waals surface area contributed by atoms with Crippen LogP contribution >= 0.6 is 11.6 Å². The zero-order chi connectivity index (χ0) is 12.8. The summed E-state index contributed by atoms with van der Waals surface area (Å²) in [6.45, 7) is 4.15. The molecular formula is C13H17ClFNO. The fourth-order valence-electron chi connectivity index (χ4n) is 1.60. The van der Waals surface area contributed by atoms with Crippen molar-refractivity contribution in [2.45, 2.75) is 26.3 Å². The number of nitrogens with one attached hydrogen (secondary N) is 1. The van der Waals surface area contributed by atoms with Gasteiger partial charge in [0.05, 0.1) is 0 Å². The molecule has 0 fully saturated rings. The zero-order valence-corrected chi connectivity index (χ0v) is 10.8. The Morgan fingerprint density at radius 3 is 2.41 bits per heavy atom. The Kier molecular flexibility index (Phi) is 5.42. The summed E-state index contributed by atoms with van der Waals surface area (Å²) in [4.78, 5) is 11.8. The molecule has 94 valence electrons. The number of carbonyl (C=O) groups excluding carboxylic acids is 1. The number of rotatable bonds is 5. The second kappa shape index (κ2) is 6.60. The summed E-state index contributed by atoms with van der Waals surface area (Å²) in [5, 5.41) is 2.84. The van der Waals surface area contributed by atoms with Gasteiger partial charge in [-0.3, -0.25) is 4.79 Å². The van der Waals surface area contributed by atoms with Crippen LogP contribution in [0, 0.1) is 11.7 Å². The molecule has 0 aliphatic carbocycles. The molecule has 0 heterocycles. The van der Waals surface area contributed by atoms with E-state index in [4.69, 9.17) is 11.6 Å². The van der Waals surface area contributed by atoms with Gasteiger partial charge in [0.2, 0.25) is 0 Å². The average molecular weight is 258 g/mol. The van der Waals surface area contributed by atoms with E-state index in [2.05, 4.69) is 19.2 Å². The highest BCUT2D eigenvalue weighted by atomic mass is 35.5. The number of carbonyl (C=O) groups is 1. The molecule has 0 radical (unpaired) electrons. The molecule has 17 heavy (non-hydrogen) atoms. The fraction of sp³-hybridized carbons (Fsp3) is 0.462. The van der Waals surface area contributed by atoms with E-state index in [9.17, 15) is 9.18 Å². The van der Waals surface area contributed by atoms with Gasteiger partial charge < -0.3 is 5.32 Å². The van der Waals surface area contributed by atoms with Gasteiger partial charge in [-0.15, -0.1) is 11.6 Å². The first kappa shape index (κ1) is 14.0. The average Bonchev–Trinajstić information content (AvgIpc) is 2.28. The Balaban J connectivity index is 2.61. The van der Waals surface area contributed by atoms with Crippen LogP contribution in [0.1, 0.15) is 30.6 Å². The van der Waals surface area contributed by atoms with Crippen molar-refractivity contribution in [3.8, 4) is 0 Å². The van der Waals surface area contributed by atoms with Gasteiger partial charge in [0, 0.05) is 17.5 Å². The number of hydrogen-bond acceptors (Lipinski definition) is 1. The molecule has 1 unspecified atom stereocenters. The molecule has 1 amide bonds. The molecule has 1 rings (SSSR count). The van der Waals surface area contributed by atoms with Crippen molar-refractivity contribution < 1.29 is 9.18 Å². The predicted octanol–water partition coefficient (Wildman–Crippen LogP) is 3.21. The summed E-state index contributed by atoms with van der Waals surface area (Å²) in [7, 11) is 0. The molecule has 0 saturated carbocycles. The molecule has 0 spiro atoms. The van der Waals surface area contributed by atoms with Crippen molar-refractivity contribution in [2.75, 3.05) is 5.88 Å². The van der Waals surface area contributed by atoms with E-state index in [-0.39, 0.29) is 17.8 Å². The summed E-state index contributed by atoms with van der Waals surface area (Å²) < 4.78 is 12.7. The van der Waals surface area contributed by atoms with Gasteiger partial charge in [-0.2, -0.15) is 0 Å². The van der Waals surface area contributed by atoms with Crippen LogP contribution in [0.4, 0.5) is 4.39 Å². The van der Waals surface area contributed by atoms with Gasteiger partial charge in [0.1, 0.15) is 5.82 Å². The van der Waals surface area contributed by atoms with Crippen LogP contribution in [0.15, 0.2) is 24.3 Å². The fourth-order valence-corrected chi connectivity index (χ4v) is 1.80. The van der Waals surface area contributed by atoms with E-state index in [1.54, 1.807) is 0 Å². The van der Waals surface area contributed by atoms with Crippen molar-refractivity contribution >= 4 is 17.5 Å². The van der Waals surface area contributed by atoms with Gasteiger partial charge in [-0.1, -0.05) is 13.8 Å².